The van der Waals surface area contributed by atoms with Gasteiger partial charge in [-0.05, 0) is 38.0 Å². The predicted octanol–water partition coefficient (Wildman–Crippen LogP) is 2.04. The Kier molecular flexibility index (Phi) is 5.26. The summed E-state index contributed by atoms with van der Waals surface area (Å²) in [5.74, 6) is 1.02. The monoisotopic (exact) mass is 227 g/mol. The van der Waals surface area contributed by atoms with Crippen molar-refractivity contribution >= 4 is 5.91 Å². The topological polar surface area (TPSA) is 40.5 Å². The molecule has 0 aromatic heterocycles. The Morgan fingerprint density at radius 2 is 1.88 bits per heavy atom. The zero-order valence-electron chi connectivity index (χ0n) is 10.8. The van der Waals surface area contributed by atoms with Gasteiger partial charge in [0.1, 0.15) is 0 Å². The molecule has 0 saturated heterocycles. The standard InChI is InChI=1S/C13H25NO2/c1-10(2)13(16)14(3)12-6-4-11(5-7-12)8-9-15/h10-12,15H,4-9H2,1-3H3. The van der Waals surface area contributed by atoms with E-state index in [0.29, 0.717) is 18.6 Å². The summed E-state index contributed by atoms with van der Waals surface area (Å²) in [6.07, 6.45) is 5.43. The van der Waals surface area contributed by atoms with Crippen molar-refractivity contribution in [2.45, 2.75) is 52.0 Å². The third-order valence-electron chi connectivity index (χ3n) is 3.74. The maximum absolute atomic E-state index is 11.8. The first kappa shape index (κ1) is 13.5. The highest BCUT2D eigenvalue weighted by Crippen LogP contribution is 2.29. The van der Waals surface area contributed by atoms with Crippen molar-refractivity contribution in [2.75, 3.05) is 13.7 Å². The lowest BCUT2D eigenvalue weighted by Crippen LogP contribution is -2.41. The van der Waals surface area contributed by atoms with Crippen molar-refractivity contribution in [3.63, 3.8) is 0 Å². The smallest absolute Gasteiger partial charge is 0.225 e. The van der Waals surface area contributed by atoms with Crippen molar-refractivity contribution in [3.8, 4) is 0 Å². The minimum Gasteiger partial charge on any atom is -0.396 e. The fourth-order valence-corrected chi connectivity index (χ4v) is 2.59. The molecule has 1 saturated carbocycles. The molecule has 0 aromatic carbocycles. The van der Waals surface area contributed by atoms with E-state index in [-0.39, 0.29) is 11.8 Å². The quantitative estimate of drug-likeness (QED) is 0.798. The van der Waals surface area contributed by atoms with Gasteiger partial charge in [-0.1, -0.05) is 13.8 Å². The number of carbonyl (C=O) groups is 1. The Balaban J connectivity index is 2.38. The van der Waals surface area contributed by atoms with Gasteiger partial charge < -0.3 is 10.0 Å². The summed E-state index contributed by atoms with van der Waals surface area (Å²) in [4.78, 5) is 13.8. The van der Waals surface area contributed by atoms with E-state index in [4.69, 9.17) is 5.11 Å². The van der Waals surface area contributed by atoms with E-state index in [1.165, 1.54) is 0 Å². The van der Waals surface area contributed by atoms with Gasteiger partial charge in [0.05, 0.1) is 0 Å². The van der Waals surface area contributed by atoms with Crippen LogP contribution >= 0.6 is 0 Å². The lowest BCUT2D eigenvalue weighted by molar-refractivity contribution is -0.136. The van der Waals surface area contributed by atoms with E-state index in [1.54, 1.807) is 0 Å². The molecule has 0 aromatic rings. The molecule has 0 atom stereocenters. The SMILES string of the molecule is CC(C)C(=O)N(C)C1CCC(CCO)CC1. The third kappa shape index (κ3) is 3.48. The van der Waals surface area contributed by atoms with Gasteiger partial charge in [0.2, 0.25) is 5.91 Å². The highest BCUT2D eigenvalue weighted by molar-refractivity contribution is 5.78. The molecular formula is C13H25NO2. The number of hydrogen-bond donors (Lipinski definition) is 1. The number of amides is 1. The van der Waals surface area contributed by atoms with E-state index < -0.39 is 0 Å². The molecule has 1 aliphatic carbocycles. The Hall–Kier alpha value is -0.570. The van der Waals surface area contributed by atoms with Crippen LogP contribution in [-0.4, -0.2) is 35.6 Å². The molecule has 1 aliphatic rings. The first-order valence-corrected chi connectivity index (χ1v) is 6.43. The lowest BCUT2D eigenvalue weighted by atomic mass is 9.83. The summed E-state index contributed by atoms with van der Waals surface area (Å²) in [5.41, 5.74) is 0. The molecule has 0 spiro atoms. The van der Waals surface area contributed by atoms with E-state index in [9.17, 15) is 4.79 Å². The zero-order chi connectivity index (χ0) is 12.1. The van der Waals surface area contributed by atoms with Crippen molar-refractivity contribution in [3.05, 3.63) is 0 Å². The average Bonchev–Trinajstić information content (AvgIpc) is 2.28. The molecule has 1 amide bonds. The van der Waals surface area contributed by atoms with Gasteiger partial charge in [0, 0.05) is 25.6 Å². The van der Waals surface area contributed by atoms with Crippen molar-refractivity contribution in [1.29, 1.82) is 0 Å². The molecule has 16 heavy (non-hydrogen) atoms. The Morgan fingerprint density at radius 1 is 1.31 bits per heavy atom. The second kappa shape index (κ2) is 6.24. The summed E-state index contributed by atoms with van der Waals surface area (Å²) in [7, 11) is 1.93. The third-order valence-corrected chi connectivity index (χ3v) is 3.74. The molecule has 0 bridgehead atoms. The van der Waals surface area contributed by atoms with Gasteiger partial charge in [-0.15, -0.1) is 0 Å². The van der Waals surface area contributed by atoms with Crippen molar-refractivity contribution in [2.24, 2.45) is 11.8 Å². The molecule has 0 aliphatic heterocycles. The lowest BCUT2D eigenvalue weighted by Gasteiger charge is -2.35. The Morgan fingerprint density at radius 3 is 2.31 bits per heavy atom. The van der Waals surface area contributed by atoms with Crippen LogP contribution in [0.2, 0.25) is 0 Å². The summed E-state index contributed by atoms with van der Waals surface area (Å²) in [6.45, 7) is 4.21. The van der Waals surface area contributed by atoms with Crippen LogP contribution in [0.25, 0.3) is 0 Å². The van der Waals surface area contributed by atoms with Crippen LogP contribution in [0.5, 0.6) is 0 Å². The van der Waals surface area contributed by atoms with Crippen LogP contribution in [0.3, 0.4) is 0 Å². The number of aliphatic hydroxyl groups is 1. The maximum atomic E-state index is 11.8. The number of nitrogens with zero attached hydrogens (tertiary/aromatic N) is 1. The average molecular weight is 227 g/mol. The molecule has 1 rings (SSSR count). The molecule has 3 heteroatoms. The normalized spacial score (nSPS) is 25.8. The van der Waals surface area contributed by atoms with E-state index in [0.717, 1.165) is 32.1 Å². The van der Waals surface area contributed by atoms with Gasteiger partial charge in [-0.3, -0.25) is 4.79 Å². The van der Waals surface area contributed by atoms with E-state index in [2.05, 4.69) is 0 Å². The fraction of sp³-hybridized carbons (Fsp3) is 0.923. The number of rotatable bonds is 4. The predicted molar refractivity (Wildman–Crippen MR) is 65.1 cm³/mol. The van der Waals surface area contributed by atoms with Gasteiger partial charge >= 0.3 is 0 Å². The highest BCUT2D eigenvalue weighted by Gasteiger charge is 2.26. The van der Waals surface area contributed by atoms with Crippen molar-refractivity contribution < 1.29 is 9.90 Å². The van der Waals surface area contributed by atoms with Crippen LogP contribution in [0.4, 0.5) is 0 Å². The van der Waals surface area contributed by atoms with Crippen molar-refractivity contribution in [1.82, 2.24) is 4.90 Å². The number of hydrogen-bond acceptors (Lipinski definition) is 2. The largest absolute Gasteiger partial charge is 0.396 e. The van der Waals surface area contributed by atoms with E-state index >= 15 is 0 Å². The maximum Gasteiger partial charge on any atom is 0.225 e. The van der Waals surface area contributed by atoms with Gasteiger partial charge in [-0.2, -0.15) is 0 Å². The van der Waals surface area contributed by atoms with Crippen LogP contribution in [-0.2, 0) is 4.79 Å². The van der Waals surface area contributed by atoms with Crippen LogP contribution in [0, 0.1) is 11.8 Å². The molecule has 3 nitrogen and oxygen atoms in total. The second-order valence-electron chi connectivity index (χ2n) is 5.29. The van der Waals surface area contributed by atoms with Gasteiger partial charge in [0.25, 0.3) is 0 Å². The number of aliphatic hydroxyl groups excluding tert-OH is 1. The summed E-state index contributed by atoms with van der Waals surface area (Å²) < 4.78 is 0. The molecule has 94 valence electrons. The molecule has 1 N–H and O–H groups in total. The molecule has 0 unspecified atom stereocenters. The van der Waals surface area contributed by atoms with Crippen LogP contribution in [0.15, 0.2) is 0 Å². The minimum absolute atomic E-state index is 0.0974. The van der Waals surface area contributed by atoms with Crippen LogP contribution < -0.4 is 0 Å². The molecular weight excluding hydrogens is 202 g/mol. The summed E-state index contributed by atoms with van der Waals surface area (Å²) in [5, 5.41) is 8.89. The molecule has 0 radical (unpaired) electrons. The van der Waals surface area contributed by atoms with Gasteiger partial charge in [-0.25, -0.2) is 0 Å². The summed E-state index contributed by atoms with van der Waals surface area (Å²) >= 11 is 0. The van der Waals surface area contributed by atoms with E-state index in [1.807, 2.05) is 25.8 Å². The Labute approximate surface area is 98.8 Å². The zero-order valence-corrected chi connectivity index (χ0v) is 10.8. The summed E-state index contributed by atoms with van der Waals surface area (Å²) in [6, 6.07) is 0.421. The number of carbonyl (C=O) groups excluding carboxylic acids is 1. The van der Waals surface area contributed by atoms with Gasteiger partial charge in [0.15, 0.2) is 0 Å². The molecule has 0 heterocycles. The second-order valence-corrected chi connectivity index (χ2v) is 5.29. The minimum atomic E-state index is 0.0974. The van der Waals surface area contributed by atoms with Crippen LogP contribution in [0.1, 0.15) is 46.0 Å². The first-order valence-electron chi connectivity index (χ1n) is 6.43. The highest BCUT2D eigenvalue weighted by atomic mass is 16.3. The first-order chi connectivity index (χ1) is 7.56. The molecule has 1 fully saturated rings. The Bertz CT molecular complexity index is 220. The fourth-order valence-electron chi connectivity index (χ4n) is 2.59.